The summed E-state index contributed by atoms with van der Waals surface area (Å²) >= 11 is 3.37. The minimum Gasteiger partial charge on any atom is -0.491 e. The third-order valence-electron chi connectivity index (χ3n) is 3.68. The van der Waals surface area contributed by atoms with Gasteiger partial charge in [-0.1, -0.05) is 34.1 Å². The summed E-state index contributed by atoms with van der Waals surface area (Å²) in [6.45, 7) is 1.99. The number of para-hydroxylation sites is 1. The molecular weight excluding hydrogens is 372 g/mol. The van der Waals surface area contributed by atoms with E-state index in [9.17, 15) is 9.90 Å². The van der Waals surface area contributed by atoms with Crippen LogP contribution in [0.3, 0.4) is 0 Å². The van der Waals surface area contributed by atoms with E-state index < -0.39 is 6.10 Å². The molecule has 1 N–H and O–H groups in total. The zero-order chi connectivity index (χ0) is 17.1. The number of nitrogens with zero attached hydrogens (tertiary/aromatic N) is 2. The molecule has 0 radical (unpaired) electrons. The minimum absolute atomic E-state index is 0.0924. The van der Waals surface area contributed by atoms with Gasteiger partial charge in [-0.2, -0.15) is 0 Å². The quantitative estimate of drug-likeness (QED) is 0.729. The van der Waals surface area contributed by atoms with Crippen LogP contribution in [0.4, 0.5) is 0 Å². The van der Waals surface area contributed by atoms with Crippen LogP contribution in [0.15, 0.2) is 57.8 Å². The lowest BCUT2D eigenvalue weighted by Gasteiger charge is -2.16. The van der Waals surface area contributed by atoms with Gasteiger partial charge in [-0.25, -0.2) is 4.98 Å². The highest BCUT2D eigenvalue weighted by Gasteiger charge is 2.13. The standard InChI is InChI=1S/C18H17BrN2O3/c1-12-20-17-8-3-2-7-16(17)18(23)21(12)10-14(22)11-24-15-6-4-5-13(19)9-15/h2-9,14,22H,10-11H2,1H3. The summed E-state index contributed by atoms with van der Waals surface area (Å²) in [6, 6.07) is 14.6. The van der Waals surface area contributed by atoms with Crippen LogP contribution < -0.4 is 10.3 Å². The number of halogens is 1. The van der Waals surface area contributed by atoms with Crippen molar-refractivity contribution in [1.82, 2.24) is 9.55 Å². The second-order valence-electron chi connectivity index (χ2n) is 5.51. The summed E-state index contributed by atoms with van der Waals surface area (Å²) in [5.74, 6) is 1.23. The molecule has 3 rings (SSSR count). The molecule has 0 aliphatic carbocycles. The van der Waals surface area contributed by atoms with Gasteiger partial charge in [0.15, 0.2) is 0 Å². The molecular formula is C18H17BrN2O3. The monoisotopic (exact) mass is 388 g/mol. The number of hydrogen-bond acceptors (Lipinski definition) is 4. The fourth-order valence-corrected chi connectivity index (χ4v) is 2.88. The molecule has 0 saturated heterocycles. The molecule has 1 heterocycles. The number of rotatable bonds is 5. The largest absolute Gasteiger partial charge is 0.491 e. The van der Waals surface area contributed by atoms with Crippen molar-refractivity contribution in [3.05, 3.63) is 69.2 Å². The van der Waals surface area contributed by atoms with Crippen LogP contribution in [0.2, 0.25) is 0 Å². The second-order valence-corrected chi connectivity index (χ2v) is 6.43. The first-order valence-corrected chi connectivity index (χ1v) is 8.36. The molecule has 0 bridgehead atoms. The highest BCUT2D eigenvalue weighted by molar-refractivity contribution is 9.10. The van der Waals surface area contributed by atoms with Crippen molar-refractivity contribution in [2.75, 3.05) is 6.61 Å². The van der Waals surface area contributed by atoms with Gasteiger partial charge < -0.3 is 9.84 Å². The number of hydrogen-bond donors (Lipinski definition) is 1. The fraction of sp³-hybridized carbons (Fsp3) is 0.222. The van der Waals surface area contributed by atoms with Crippen molar-refractivity contribution < 1.29 is 9.84 Å². The summed E-state index contributed by atoms with van der Waals surface area (Å²) in [7, 11) is 0. The Labute approximate surface area is 147 Å². The third kappa shape index (κ3) is 3.66. The molecule has 5 nitrogen and oxygen atoms in total. The summed E-state index contributed by atoms with van der Waals surface area (Å²) in [4.78, 5) is 17.0. The first-order valence-electron chi connectivity index (χ1n) is 7.57. The van der Waals surface area contributed by atoms with Crippen molar-refractivity contribution in [3.63, 3.8) is 0 Å². The number of aromatic nitrogens is 2. The molecule has 124 valence electrons. The van der Waals surface area contributed by atoms with Crippen LogP contribution >= 0.6 is 15.9 Å². The van der Waals surface area contributed by atoms with E-state index in [2.05, 4.69) is 20.9 Å². The lowest BCUT2D eigenvalue weighted by molar-refractivity contribution is 0.0908. The summed E-state index contributed by atoms with van der Waals surface area (Å²) in [5, 5.41) is 10.8. The van der Waals surface area contributed by atoms with Crippen molar-refractivity contribution in [1.29, 1.82) is 0 Å². The molecule has 3 aromatic rings. The first-order chi connectivity index (χ1) is 11.5. The summed E-state index contributed by atoms with van der Waals surface area (Å²) < 4.78 is 7.96. The molecule has 0 aliphatic heterocycles. The summed E-state index contributed by atoms with van der Waals surface area (Å²) in [6.07, 6.45) is -0.816. The van der Waals surface area contributed by atoms with E-state index in [0.29, 0.717) is 22.5 Å². The van der Waals surface area contributed by atoms with Gasteiger partial charge in [-0.05, 0) is 37.3 Å². The molecule has 1 atom stereocenters. The highest BCUT2D eigenvalue weighted by Crippen LogP contribution is 2.18. The van der Waals surface area contributed by atoms with E-state index in [0.717, 1.165) is 4.47 Å². The topological polar surface area (TPSA) is 64.4 Å². The van der Waals surface area contributed by atoms with Gasteiger partial charge in [0.1, 0.15) is 24.3 Å². The Balaban J connectivity index is 1.75. The Hall–Kier alpha value is -2.18. The Morgan fingerprint density at radius 2 is 2.04 bits per heavy atom. The Morgan fingerprint density at radius 1 is 1.25 bits per heavy atom. The number of aryl methyl sites for hydroxylation is 1. The maximum Gasteiger partial charge on any atom is 0.261 e. The average molecular weight is 389 g/mol. The van der Waals surface area contributed by atoms with Crippen LogP contribution in [0.5, 0.6) is 5.75 Å². The van der Waals surface area contributed by atoms with Gasteiger partial charge in [-0.15, -0.1) is 0 Å². The molecule has 1 aromatic heterocycles. The van der Waals surface area contributed by atoms with E-state index in [1.165, 1.54) is 4.57 Å². The average Bonchev–Trinajstić information content (AvgIpc) is 2.57. The summed E-state index contributed by atoms with van der Waals surface area (Å²) in [5.41, 5.74) is 0.510. The SMILES string of the molecule is Cc1nc2ccccc2c(=O)n1CC(O)COc1cccc(Br)c1. The Morgan fingerprint density at radius 3 is 2.83 bits per heavy atom. The zero-order valence-electron chi connectivity index (χ0n) is 13.1. The van der Waals surface area contributed by atoms with E-state index >= 15 is 0 Å². The Kier molecular flexibility index (Phi) is 4.97. The van der Waals surface area contributed by atoms with Gasteiger partial charge in [0.2, 0.25) is 0 Å². The zero-order valence-corrected chi connectivity index (χ0v) is 14.7. The van der Waals surface area contributed by atoms with Crippen molar-refractivity contribution in [2.45, 2.75) is 19.6 Å². The van der Waals surface area contributed by atoms with E-state index in [1.54, 1.807) is 25.1 Å². The van der Waals surface area contributed by atoms with Crippen LogP contribution in [-0.4, -0.2) is 27.4 Å². The first kappa shape index (κ1) is 16.7. The van der Waals surface area contributed by atoms with E-state index in [1.807, 2.05) is 30.3 Å². The number of benzene rings is 2. The molecule has 0 amide bonds. The van der Waals surface area contributed by atoms with Crippen molar-refractivity contribution in [2.24, 2.45) is 0 Å². The molecule has 0 spiro atoms. The van der Waals surface area contributed by atoms with Crippen LogP contribution in [0.25, 0.3) is 10.9 Å². The fourth-order valence-electron chi connectivity index (χ4n) is 2.51. The molecule has 0 saturated carbocycles. The molecule has 0 fully saturated rings. The number of aliphatic hydroxyl groups is 1. The predicted octanol–water partition coefficient (Wildman–Crippen LogP) is 2.91. The number of fused-ring (bicyclic) bond motifs is 1. The van der Waals surface area contributed by atoms with Gasteiger partial charge in [0.25, 0.3) is 5.56 Å². The molecule has 0 aliphatic rings. The Bertz CT molecular complexity index is 924. The normalized spacial score (nSPS) is 12.3. The van der Waals surface area contributed by atoms with Gasteiger partial charge in [0.05, 0.1) is 17.4 Å². The number of ether oxygens (including phenoxy) is 1. The number of aliphatic hydroxyl groups excluding tert-OH is 1. The molecule has 2 aromatic carbocycles. The van der Waals surface area contributed by atoms with Crippen LogP contribution in [0.1, 0.15) is 5.82 Å². The lowest BCUT2D eigenvalue weighted by atomic mass is 10.2. The third-order valence-corrected chi connectivity index (χ3v) is 4.18. The van der Waals surface area contributed by atoms with E-state index in [-0.39, 0.29) is 18.7 Å². The molecule has 1 unspecified atom stereocenters. The maximum absolute atomic E-state index is 12.6. The van der Waals surface area contributed by atoms with Gasteiger partial charge in [0, 0.05) is 4.47 Å². The van der Waals surface area contributed by atoms with Crippen molar-refractivity contribution in [3.8, 4) is 5.75 Å². The maximum atomic E-state index is 12.6. The smallest absolute Gasteiger partial charge is 0.261 e. The van der Waals surface area contributed by atoms with Crippen molar-refractivity contribution >= 4 is 26.8 Å². The van der Waals surface area contributed by atoms with Crippen LogP contribution in [-0.2, 0) is 6.54 Å². The lowest BCUT2D eigenvalue weighted by Crippen LogP contribution is -2.32. The van der Waals surface area contributed by atoms with Crippen LogP contribution in [0, 0.1) is 6.92 Å². The van der Waals surface area contributed by atoms with Gasteiger partial charge >= 0.3 is 0 Å². The minimum atomic E-state index is -0.816. The molecule has 6 heteroatoms. The molecule has 24 heavy (non-hydrogen) atoms. The van der Waals surface area contributed by atoms with Gasteiger partial charge in [-0.3, -0.25) is 9.36 Å². The van der Waals surface area contributed by atoms with E-state index in [4.69, 9.17) is 4.74 Å². The second kappa shape index (κ2) is 7.15. The predicted molar refractivity (Wildman–Crippen MR) is 96.4 cm³/mol. The highest BCUT2D eigenvalue weighted by atomic mass is 79.9.